The summed E-state index contributed by atoms with van der Waals surface area (Å²) in [7, 11) is 1.17. The predicted octanol–water partition coefficient (Wildman–Crippen LogP) is 3.17. The first-order valence-electron chi connectivity index (χ1n) is 10.9. The minimum absolute atomic E-state index is 0.0318. The van der Waals surface area contributed by atoms with Crippen LogP contribution in [-0.2, 0) is 11.2 Å². The molecule has 0 fully saturated rings. The van der Waals surface area contributed by atoms with E-state index in [1.807, 2.05) is 0 Å². The lowest BCUT2D eigenvalue weighted by atomic mass is 10.0. The summed E-state index contributed by atoms with van der Waals surface area (Å²) in [4.78, 5) is 46.1. The van der Waals surface area contributed by atoms with Gasteiger partial charge in [-0.05, 0) is 24.6 Å². The minimum Gasteiger partial charge on any atom is -0.493 e. The van der Waals surface area contributed by atoms with E-state index in [9.17, 15) is 27.6 Å². The van der Waals surface area contributed by atoms with Crippen molar-refractivity contribution in [2.75, 3.05) is 7.11 Å². The van der Waals surface area contributed by atoms with Crippen LogP contribution in [-0.4, -0.2) is 27.6 Å². The molecule has 11 heteroatoms. The van der Waals surface area contributed by atoms with Crippen molar-refractivity contribution in [1.82, 2.24) is 19.9 Å². The van der Waals surface area contributed by atoms with E-state index in [1.54, 1.807) is 30.3 Å². The molecule has 2 heterocycles. The number of fused-ring (bicyclic) bond motifs is 1. The van der Waals surface area contributed by atoms with Crippen LogP contribution in [0.1, 0.15) is 30.3 Å². The summed E-state index contributed by atoms with van der Waals surface area (Å²) >= 11 is 0. The predicted molar refractivity (Wildman–Crippen MR) is 125 cm³/mol. The van der Waals surface area contributed by atoms with Crippen LogP contribution >= 0.6 is 0 Å². The first kappa shape index (κ1) is 24.7. The van der Waals surface area contributed by atoms with Crippen molar-refractivity contribution in [2.24, 2.45) is 0 Å². The van der Waals surface area contributed by atoms with E-state index in [1.165, 1.54) is 20.1 Å². The molecule has 2 N–H and O–H groups in total. The maximum absolute atomic E-state index is 14.4. The quantitative estimate of drug-likeness (QED) is 0.407. The number of aromatic nitrogens is 3. The number of amides is 1. The van der Waals surface area contributed by atoms with Crippen LogP contribution in [0.25, 0.3) is 10.9 Å². The topological polar surface area (TPSA) is 106 Å². The molecule has 186 valence electrons. The average Bonchev–Trinajstić information content (AvgIpc) is 2.84. The van der Waals surface area contributed by atoms with Crippen molar-refractivity contribution in [3.8, 4) is 5.75 Å². The molecule has 0 spiro atoms. The number of methoxy groups -OCH3 is 1. The van der Waals surface area contributed by atoms with E-state index in [4.69, 9.17) is 4.74 Å². The highest BCUT2D eigenvalue weighted by atomic mass is 19.1. The van der Waals surface area contributed by atoms with E-state index in [0.717, 1.165) is 12.3 Å². The fourth-order valence-electron chi connectivity index (χ4n) is 4.00. The summed E-state index contributed by atoms with van der Waals surface area (Å²) < 4.78 is 47.6. The van der Waals surface area contributed by atoms with Gasteiger partial charge in [0.15, 0.2) is 11.6 Å². The largest absolute Gasteiger partial charge is 0.493 e. The number of benzene rings is 2. The van der Waals surface area contributed by atoms with Gasteiger partial charge in [0.25, 0.3) is 5.56 Å². The smallest absolute Gasteiger partial charge is 0.329 e. The molecule has 2 aromatic heterocycles. The van der Waals surface area contributed by atoms with E-state index in [2.05, 4.69) is 15.3 Å². The Balaban J connectivity index is 1.83. The first-order valence-corrected chi connectivity index (χ1v) is 10.9. The molecule has 8 nitrogen and oxygen atoms in total. The summed E-state index contributed by atoms with van der Waals surface area (Å²) in [5, 5.41) is 2.29. The highest BCUT2D eigenvalue weighted by molar-refractivity contribution is 5.85. The molecule has 0 radical (unpaired) electrons. The molecule has 0 saturated carbocycles. The Morgan fingerprint density at radius 3 is 2.50 bits per heavy atom. The fraction of sp³-hybridized carbons (Fsp3) is 0.200. The summed E-state index contributed by atoms with van der Waals surface area (Å²) in [6.45, 7) is 1.42. The molecule has 0 saturated heterocycles. The monoisotopic (exact) mass is 498 g/mol. The van der Waals surface area contributed by atoms with E-state index >= 15 is 0 Å². The molecule has 0 aliphatic carbocycles. The van der Waals surface area contributed by atoms with Gasteiger partial charge in [-0.3, -0.25) is 14.6 Å². The third-order valence-electron chi connectivity index (χ3n) is 5.70. The van der Waals surface area contributed by atoms with Gasteiger partial charge in [0.2, 0.25) is 5.91 Å². The number of nitrogens with one attached hydrogen (secondary N) is 2. The number of hydrogen-bond donors (Lipinski definition) is 2. The highest BCUT2D eigenvalue weighted by Gasteiger charge is 2.29. The van der Waals surface area contributed by atoms with Gasteiger partial charge in [0.1, 0.15) is 23.1 Å². The molecule has 36 heavy (non-hydrogen) atoms. The number of halogens is 3. The number of pyridine rings is 1. The number of rotatable bonds is 7. The molecule has 0 aliphatic rings. The number of nitrogens with zero attached hydrogens (tertiary/aromatic N) is 2. The standard InChI is InChI=1S/C25H21F3N4O4/c1-13(21-17(28)11-15(26)12-29-21)30-23(33)19(10-14-6-4-3-5-7-14)32-24(34)20-18(31-25(32)35)9-8-16(27)22(20)36-2/h3-9,11-13,19H,10H2,1-2H3,(H,30,33)(H,31,35)/t13-,19-/m1/s1. The molecule has 4 aromatic rings. The minimum atomic E-state index is -1.41. The van der Waals surface area contributed by atoms with Gasteiger partial charge in [-0.2, -0.15) is 0 Å². The Morgan fingerprint density at radius 1 is 1.11 bits per heavy atom. The second-order valence-corrected chi connectivity index (χ2v) is 8.06. The van der Waals surface area contributed by atoms with Crippen molar-refractivity contribution < 1.29 is 22.7 Å². The number of aromatic amines is 1. The van der Waals surface area contributed by atoms with Crippen LogP contribution in [0.5, 0.6) is 5.75 Å². The molecule has 2 atom stereocenters. The summed E-state index contributed by atoms with van der Waals surface area (Å²) in [5.41, 5.74) is -1.43. The summed E-state index contributed by atoms with van der Waals surface area (Å²) in [6.07, 6.45) is 0.715. The molecule has 1 amide bonds. The van der Waals surface area contributed by atoms with Crippen LogP contribution < -0.4 is 21.3 Å². The maximum Gasteiger partial charge on any atom is 0.329 e. The zero-order valence-corrected chi connectivity index (χ0v) is 19.2. The first-order chi connectivity index (χ1) is 17.2. The van der Waals surface area contributed by atoms with E-state index in [-0.39, 0.29) is 28.8 Å². The molecular weight excluding hydrogens is 477 g/mol. The Labute approximate surface area is 202 Å². The normalized spacial score (nSPS) is 12.8. The number of ether oxygens (including phenoxy) is 1. The molecule has 0 aliphatic heterocycles. The van der Waals surface area contributed by atoms with Gasteiger partial charge in [0, 0.05) is 12.5 Å². The van der Waals surface area contributed by atoms with Crippen LogP contribution in [0.4, 0.5) is 13.2 Å². The van der Waals surface area contributed by atoms with E-state index < -0.39 is 46.7 Å². The fourth-order valence-corrected chi connectivity index (χ4v) is 4.00. The van der Waals surface area contributed by atoms with Crippen molar-refractivity contribution in [3.63, 3.8) is 0 Å². The van der Waals surface area contributed by atoms with Crippen LogP contribution in [0.3, 0.4) is 0 Å². The molecule has 2 aromatic carbocycles. The Kier molecular flexibility index (Phi) is 6.91. The van der Waals surface area contributed by atoms with Crippen LogP contribution in [0.2, 0.25) is 0 Å². The number of hydrogen-bond acceptors (Lipinski definition) is 5. The Bertz CT molecular complexity index is 1550. The summed E-state index contributed by atoms with van der Waals surface area (Å²) in [5.74, 6) is -3.86. The van der Waals surface area contributed by atoms with Gasteiger partial charge in [-0.1, -0.05) is 30.3 Å². The van der Waals surface area contributed by atoms with Crippen molar-refractivity contribution in [2.45, 2.75) is 25.4 Å². The van der Waals surface area contributed by atoms with E-state index in [0.29, 0.717) is 16.2 Å². The number of carbonyl (C=O) groups is 1. The third-order valence-corrected chi connectivity index (χ3v) is 5.70. The van der Waals surface area contributed by atoms with Gasteiger partial charge in [-0.15, -0.1) is 0 Å². The van der Waals surface area contributed by atoms with Crippen LogP contribution in [0.15, 0.2) is 64.3 Å². The molecule has 0 unspecified atom stereocenters. The maximum atomic E-state index is 14.4. The SMILES string of the molecule is COc1c(F)ccc2[nH]c(=O)n([C@H](Cc3ccccc3)C(=O)N[C@H](C)c3ncc(F)cc3F)c(=O)c12. The highest BCUT2D eigenvalue weighted by Crippen LogP contribution is 2.25. The molecule has 4 rings (SSSR count). The average molecular weight is 498 g/mol. The van der Waals surface area contributed by atoms with Crippen molar-refractivity contribution in [3.05, 3.63) is 104 Å². The molecule has 0 bridgehead atoms. The van der Waals surface area contributed by atoms with Gasteiger partial charge in [0.05, 0.1) is 30.6 Å². The number of carbonyl (C=O) groups excluding carboxylic acids is 1. The third kappa shape index (κ3) is 4.72. The summed E-state index contributed by atoms with van der Waals surface area (Å²) in [6, 6.07) is 9.05. The lowest BCUT2D eigenvalue weighted by Crippen LogP contribution is -2.46. The van der Waals surface area contributed by atoms with Crippen molar-refractivity contribution >= 4 is 16.8 Å². The lowest BCUT2D eigenvalue weighted by molar-refractivity contribution is -0.125. The van der Waals surface area contributed by atoms with Crippen LogP contribution in [0, 0.1) is 17.5 Å². The van der Waals surface area contributed by atoms with Gasteiger partial charge >= 0.3 is 5.69 Å². The van der Waals surface area contributed by atoms with Crippen molar-refractivity contribution in [1.29, 1.82) is 0 Å². The molecular formula is C25H21F3N4O4. The second-order valence-electron chi connectivity index (χ2n) is 8.06. The zero-order chi connectivity index (χ0) is 26.0. The second kappa shape index (κ2) is 10.1. The number of H-pyrrole nitrogens is 1. The Morgan fingerprint density at radius 2 is 1.83 bits per heavy atom. The Hall–Kier alpha value is -4.41. The van der Waals surface area contributed by atoms with Gasteiger partial charge < -0.3 is 15.0 Å². The van der Waals surface area contributed by atoms with Gasteiger partial charge in [-0.25, -0.2) is 22.5 Å². The zero-order valence-electron chi connectivity index (χ0n) is 19.2. The lowest BCUT2D eigenvalue weighted by Gasteiger charge is -2.22.